The summed E-state index contributed by atoms with van der Waals surface area (Å²) in [6.45, 7) is 3.57. The molecular weight excluding hydrogens is 330 g/mol. The van der Waals surface area contributed by atoms with Crippen LogP contribution in [0.4, 0.5) is 0 Å². The predicted molar refractivity (Wildman–Crippen MR) is 86.2 cm³/mol. The van der Waals surface area contributed by atoms with Gasteiger partial charge in [-0.25, -0.2) is 0 Å². The van der Waals surface area contributed by atoms with Crippen molar-refractivity contribution < 1.29 is 9.59 Å². The zero-order valence-electron chi connectivity index (χ0n) is 11.4. The Morgan fingerprint density at radius 1 is 1.62 bits per heavy atom. The van der Waals surface area contributed by atoms with Crippen molar-refractivity contribution in [3.8, 4) is 0 Å². The molecule has 21 heavy (non-hydrogen) atoms. The Kier molecular flexibility index (Phi) is 6.00. The van der Waals surface area contributed by atoms with Gasteiger partial charge in [-0.05, 0) is 6.92 Å². The number of nitrogens with zero attached hydrogens (tertiary/aromatic N) is 4. The van der Waals surface area contributed by atoms with Gasteiger partial charge in [-0.15, -0.1) is 10.2 Å². The maximum Gasteiger partial charge on any atom is 0.238 e. The van der Waals surface area contributed by atoms with Crippen molar-refractivity contribution in [2.45, 2.75) is 18.6 Å². The van der Waals surface area contributed by atoms with Gasteiger partial charge in [0.25, 0.3) is 0 Å². The molecule has 114 valence electrons. The third-order valence-corrected chi connectivity index (χ3v) is 5.16. The Hall–Kier alpha value is -1.13. The van der Waals surface area contributed by atoms with E-state index in [1.165, 1.54) is 28.4 Å². The fraction of sp³-hybridized carbons (Fsp3) is 0.545. The molecule has 1 aliphatic heterocycles. The van der Waals surface area contributed by atoms with E-state index in [9.17, 15) is 9.59 Å². The zero-order chi connectivity index (χ0) is 15.2. The Balaban J connectivity index is 1.68. The molecule has 0 radical (unpaired) electrons. The summed E-state index contributed by atoms with van der Waals surface area (Å²) in [5.74, 6) is 0.571. The lowest BCUT2D eigenvalue weighted by Crippen LogP contribution is -2.37. The smallest absolute Gasteiger partial charge is 0.238 e. The van der Waals surface area contributed by atoms with Crippen LogP contribution in [-0.4, -0.2) is 60.4 Å². The van der Waals surface area contributed by atoms with Gasteiger partial charge >= 0.3 is 0 Å². The van der Waals surface area contributed by atoms with E-state index >= 15 is 0 Å². The van der Waals surface area contributed by atoms with E-state index in [1.807, 2.05) is 11.5 Å². The second-order valence-corrected chi connectivity index (χ2v) is 6.69. The number of hydrogen-bond acceptors (Lipinski definition) is 7. The topological polar surface area (TPSA) is 80.1 Å². The van der Waals surface area contributed by atoms with Crippen molar-refractivity contribution in [2.75, 3.05) is 24.6 Å². The second-order valence-electron chi connectivity index (χ2n) is 4.14. The van der Waals surface area contributed by atoms with Gasteiger partial charge in [-0.3, -0.25) is 14.5 Å². The molecule has 10 heteroatoms. The molecule has 1 aliphatic rings. The van der Waals surface area contributed by atoms with Crippen molar-refractivity contribution in [2.24, 2.45) is 0 Å². The summed E-state index contributed by atoms with van der Waals surface area (Å²) >= 11 is 7.76. The summed E-state index contributed by atoms with van der Waals surface area (Å²) < 4.78 is 2.45. The number of rotatable bonds is 7. The summed E-state index contributed by atoms with van der Waals surface area (Å²) in [5.41, 5.74) is 0. The quantitative estimate of drug-likeness (QED) is 0.565. The van der Waals surface area contributed by atoms with E-state index in [1.54, 1.807) is 6.33 Å². The first kappa shape index (κ1) is 16.2. The monoisotopic (exact) mass is 345 g/mol. The first-order valence-electron chi connectivity index (χ1n) is 6.36. The average molecular weight is 345 g/mol. The van der Waals surface area contributed by atoms with Gasteiger partial charge in [0.15, 0.2) is 5.16 Å². The molecule has 2 heterocycles. The number of nitrogens with one attached hydrogen (secondary N) is 1. The lowest BCUT2D eigenvalue weighted by molar-refractivity contribution is -0.124. The Bertz CT molecular complexity index is 532. The highest BCUT2D eigenvalue weighted by molar-refractivity contribution is 8.23. The number of amides is 2. The van der Waals surface area contributed by atoms with Crippen LogP contribution in [-0.2, 0) is 16.1 Å². The van der Waals surface area contributed by atoms with E-state index in [4.69, 9.17) is 12.2 Å². The summed E-state index contributed by atoms with van der Waals surface area (Å²) in [7, 11) is 0. The maximum atomic E-state index is 11.7. The summed E-state index contributed by atoms with van der Waals surface area (Å²) in [4.78, 5) is 24.8. The Labute approximate surface area is 136 Å². The molecule has 1 aromatic rings. The summed E-state index contributed by atoms with van der Waals surface area (Å²) in [6.07, 6.45) is 1.64. The molecule has 0 unspecified atom stereocenters. The first-order chi connectivity index (χ1) is 10.1. The van der Waals surface area contributed by atoms with Crippen LogP contribution in [0, 0.1) is 0 Å². The van der Waals surface area contributed by atoms with Gasteiger partial charge in [0.05, 0.1) is 11.5 Å². The normalized spacial score (nSPS) is 14.8. The fourth-order valence-corrected chi connectivity index (χ4v) is 3.59. The maximum absolute atomic E-state index is 11.7. The van der Waals surface area contributed by atoms with Crippen LogP contribution < -0.4 is 5.32 Å². The van der Waals surface area contributed by atoms with Gasteiger partial charge in [0, 0.05) is 19.6 Å². The second kappa shape index (κ2) is 7.76. The number of aryl methyl sites for hydroxylation is 1. The van der Waals surface area contributed by atoms with Crippen LogP contribution in [0.1, 0.15) is 6.92 Å². The number of thiocarbonyl (C=S) groups is 1. The number of carbonyl (C=O) groups is 2. The molecule has 7 nitrogen and oxygen atoms in total. The van der Waals surface area contributed by atoms with Crippen LogP contribution in [0.25, 0.3) is 0 Å². The summed E-state index contributed by atoms with van der Waals surface area (Å²) in [6, 6.07) is 0. The van der Waals surface area contributed by atoms with E-state index in [-0.39, 0.29) is 17.6 Å². The lowest BCUT2D eigenvalue weighted by Gasteiger charge is -2.14. The van der Waals surface area contributed by atoms with Gasteiger partial charge in [0.1, 0.15) is 10.6 Å². The molecule has 0 aromatic carbocycles. The van der Waals surface area contributed by atoms with Gasteiger partial charge in [0.2, 0.25) is 11.8 Å². The highest BCUT2D eigenvalue weighted by Crippen LogP contribution is 2.18. The molecular formula is C11H15N5O2S3. The number of hydrogen-bond donors (Lipinski definition) is 1. The fourth-order valence-electron chi connectivity index (χ4n) is 1.66. The molecule has 0 saturated carbocycles. The highest BCUT2D eigenvalue weighted by Gasteiger charge is 2.25. The van der Waals surface area contributed by atoms with Crippen molar-refractivity contribution in [1.82, 2.24) is 25.0 Å². The summed E-state index contributed by atoms with van der Waals surface area (Å²) in [5, 5.41) is 11.2. The zero-order valence-corrected chi connectivity index (χ0v) is 13.9. The van der Waals surface area contributed by atoms with Crippen LogP contribution in [0.5, 0.6) is 0 Å². The molecule has 1 aromatic heterocycles. The minimum absolute atomic E-state index is 0.00433. The van der Waals surface area contributed by atoms with Crippen molar-refractivity contribution >= 4 is 51.9 Å². The van der Waals surface area contributed by atoms with E-state index in [0.717, 1.165) is 11.7 Å². The lowest BCUT2D eigenvalue weighted by atomic mass is 10.5. The van der Waals surface area contributed by atoms with E-state index in [0.29, 0.717) is 23.2 Å². The first-order valence-corrected chi connectivity index (χ1v) is 8.74. The molecule has 0 bridgehead atoms. The highest BCUT2D eigenvalue weighted by atomic mass is 32.2. The van der Waals surface area contributed by atoms with Crippen LogP contribution in [0.3, 0.4) is 0 Å². The Morgan fingerprint density at radius 3 is 3.10 bits per heavy atom. The van der Waals surface area contributed by atoms with Crippen molar-refractivity contribution in [3.05, 3.63) is 6.33 Å². The van der Waals surface area contributed by atoms with Gasteiger partial charge in [-0.1, -0.05) is 35.7 Å². The molecule has 2 rings (SSSR count). The van der Waals surface area contributed by atoms with E-state index in [2.05, 4.69) is 15.5 Å². The van der Waals surface area contributed by atoms with Crippen LogP contribution in [0.15, 0.2) is 11.5 Å². The number of thioether (sulfide) groups is 2. The molecule has 0 spiro atoms. The van der Waals surface area contributed by atoms with Crippen LogP contribution in [0.2, 0.25) is 0 Å². The Morgan fingerprint density at radius 2 is 2.43 bits per heavy atom. The SMILES string of the molecule is CCn1cnnc1SCC(=O)NCCN1C(=O)CSC1=S. The molecule has 1 fully saturated rings. The molecule has 1 N–H and O–H groups in total. The number of carbonyl (C=O) groups excluding carboxylic acids is 2. The average Bonchev–Trinajstić information content (AvgIpc) is 3.05. The van der Waals surface area contributed by atoms with Crippen molar-refractivity contribution in [1.29, 1.82) is 0 Å². The molecule has 2 amide bonds. The molecule has 0 aliphatic carbocycles. The standard InChI is InChI=1S/C11H15N5O2S3/c1-2-15-7-13-14-10(15)20-5-8(17)12-3-4-16-9(18)6-21-11(16)19/h7H,2-6H2,1H3,(H,12,17). The number of aromatic nitrogens is 3. The largest absolute Gasteiger partial charge is 0.354 e. The minimum atomic E-state index is -0.101. The van der Waals surface area contributed by atoms with Gasteiger partial charge in [-0.2, -0.15) is 0 Å². The third kappa shape index (κ3) is 4.42. The van der Waals surface area contributed by atoms with Crippen molar-refractivity contribution in [3.63, 3.8) is 0 Å². The predicted octanol–water partition coefficient (Wildman–Crippen LogP) is 0.367. The molecule has 1 saturated heterocycles. The van der Waals surface area contributed by atoms with E-state index < -0.39 is 0 Å². The molecule has 0 atom stereocenters. The van der Waals surface area contributed by atoms with Gasteiger partial charge < -0.3 is 9.88 Å². The van der Waals surface area contributed by atoms with Crippen LogP contribution >= 0.6 is 35.7 Å². The third-order valence-electron chi connectivity index (χ3n) is 2.75. The minimum Gasteiger partial charge on any atom is -0.354 e.